The Bertz CT molecular complexity index is 46.0. The minimum Gasteiger partial charge on any atom is -0.0953 e. The molecule has 0 saturated carbocycles. The quantitative estimate of drug-likeness (QED) is 0.507. The molecule has 0 heteroatoms. The summed E-state index contributed by atoms with van der Waals surface area (Å²) in [6.45, 7) is 7.86. The third-order valence-electron chi connectivity index (χ3n) is 1.07. The molecule has 0 N–H and O–H groups in total. The van der Waals surface area contributed by atoms with Crippen LogP contribution in [0, 0.1) is 12.0 Å². The minimum atomic E-state index is 0.588. The van der Waals surface area contributed by atoms with E-state index < -0.39 is 0 Å². The summed E-state index contributed by atoms with van der Waals surface area (Å²) in [4.78, 5) is 0. The Labute approximate surface area is 46.2 Å². The number of allylic oxidation sites excluding steroid dienone is 1. The van der Waals surface area contributed by atoms with Crippen molar-refractivity contribution in [1.29, 1.82) is 0 Å². The monoisotopic (exact) mass is 97.1 g/mol. The lowest BCUT2D eigenvalue weighted by Crippen LogP contribution is -1.85. The molecule has 0 bridgehead atoms. The van der Waals surface area contributed by atoms with Crippen LogP contribution in [0.15, 0.2) is 6.58 Å². The molecule has 1 atom stereocenters. The molecule has 0 spiro atoms. The zero-order valence-corrected chi connectivity index (χ0v) is 5.20. The summed E-state index contributed by atoms with van der Waals surface area (Å²) < 4.78 is 0. The number of rotatable bonds is 3. The molecular formula is C7H13. The van der Waals surface area contributed by atoms with E-state index in [9.17, 15) is 0 Å². The van der Waals surface area contributed by atoms with Gasteiger partial charge in [-0.1, -0.05) is 26.8 Å². The molecule has 0 aliphatic heterocycles. The summed E-state index contributed by atoms with van der Waals surface area (Å²) in [6.07, 6.45) is 5.38. The van der Waals surface area contributed by atoms with Crippen molar-refractivity contribution in [1.82, 2.24) is 0 Å². The fourth-order valence-corrected chi connectivity index (χ4v) is 0.535. The van der Waals surface area contributed by atoms with E-state index in [0.717, 1.165) is 0 Å². The van der Waals surface area contributed by atoms with Gasteiger partial charge in [-0.3, -0.25) is 0 Å². The first-order valence-corrected chi connectivity index (χ1v) is 2.83. The van der Waals surface area contributed by atoms with Crippen LogP contribution in [0.25, 0.3) is 0 Å². The summed E-state index contributed by atoms with van der Waals surface area (Å²) in [5, 5.41) is 0. The second-order valence-corrected chi connectivity index (χ2v) is 1.89. The lowest BCUT2D eigenvalue weighted by Gasteiger charge is -1.97. The topological polar surface area (TPSA) is 0 Å². The first kappa shape index (κ1) is 6.74. The van der Waals surface area contributed by atoms with E-state index in [4.69, 9.17) is 0 Å². The number of hydrogen-bond donors (Lipinski definition) is 0. The molecular weight excluding hydrogens is 84.1 g/mol. The van der Waals surface area contributed by atoms with Crippen LogP contribution in [0.2, 0.25) is 0 Å². The van der Waals surface area contributed by atoms with Crippen LogP contribution in [0.5, 0.6) is 0 Å². The van der Waals surface area contributed by atoms with Crippen LogP contribution >= 0.6 is 0 Å². The third-order valence-corrected chi connectivity index (χ3v) is 1.07. The van der Waals surface area contributed by atoms with Gasteiger partial charge in [-0.05, 0) is 18.4 Å². The van der Waals surface area contributed by atoms with Crippen LogP contribution < -0.4 is 0 Å². The lowest BCUT2D eigenvalue weighted by atomic mass is 10.1. The predicted octanol–water partition coefficient (Wildman–Crippen LogP) is 2.41. The maximum absolute atomic E-state index is 3.55. The molecule has 7 heavy (non-hydrogen) atoms. The van der Waals surface area contributed by atoms with E-state index >= 15 is 0 Å². The van der Waals surface area contributed by atoms with Gasteiger partial charge >= 0.3 is 0 Å². The molecule has 0 nitrogen and oxygen atoms in total. The van der Waals surface area contributed by atoms with Gasteiger partial charge in [0.25, 0.3) is 0 Å². The van der Waals surface area contributed by atoms with Gasteiger partial charge < -0.3 is 0 Å². The first-order chi connectivity index (χ1) is 3.31. The van der Waals surface area contributed by atoms with E-state index in [1.165, 1.54) is 12.8 Å². The van der Waals surface area contributed by atoms with Crippen LogP contribution in [-0.2, 0) is 0 Å². The molecule has 0 amide bonds. The molecule has 1 unspecified atom stereocenters. The SMILES string of the molecule is C=[C]C(C)CCC. The van der Waals surface area contributed by atoms with E-state index in [1.54, 1.807) is 0 Å². The fourth-order valence-electron chi connectivity index (χ4n) is 0.535. The average molecular weight is 97.2 g/mol. The molecule has 0 heterocycles. The summed E-state index contributed by atoms with van der Waals surface area (Å²) >= 11 is 0. The average Bonchev–Trinajstić information content (AvgIpc) is 1.68. The normalized spacial score (nSPS) is 13.4. The predicted molar refractivity (Wildman–Crippen MR) is 32.9 cm³/mol. The smallest absolute Gasteiger partial charge is 0.0194 e. The van der Waals surface area contributed by atoms with Gasteiger partial charge in [-0.2, -0.15) is 0 Å². The highest BCUT2D eigenvalue weighted by atomic mass is 13.9. The molecule has 1 radical (unpaired) electrons. The van der Waals surface area contributed by atoms with E-state index in [2.05, 4.69) is 26.5 Å². The van der Waals surface area contributed by atoms with Crippen molar-refractivity contribution < 1.29 is 0 Å². The van der Waals surface area contributed by atoms with E-state index in [-0.39, 0.29) is 0 Å². The van der Waals surface area contributed by atoms with Crippen molar-refractivity contribution in [2.24, 2.45) is 5.92 Å². The zero-order valence-electron chi connectivity index (χ0n) is 5.20. The Balaban J connectivity index is 2.98. The second-order valence-electron chi connectivity index (χ2n) is 1.89. The lowest BCUT2D eigenvalue weighted by molar-refractivity contribution is 0.621. The van der Waals surface area contributed by atoms with Crippen molar-refractivity contribution in [3.8, 4) is 0 Å². The third kappa shape index (κ3) is 3.57. The maximum Gasteiger partial charge on any atom is -0.0194 e. The highest BCUT2D eigenvalue weighted by Gasteiger charge is 1.89. The van der Waals surface area contributed by atoms with E-state index in [1.807, 2.05) is 0 Å². The summed E-state index contributed by atoms with van der Waals surface area (Å²) in [7, 11) is 0. The highest BCUT2D eigenvalue weighted by molar-refractivity contribution is 4.63. The van der Waals surface area contributed by atoms with Crippen LogP contribution in [0.4, 0.5) is 0 Å². The Hall–Kier alpha value is -0.260. The van der Waals surface area contributed by atoms with Crippen molar-refractivity contribution in [2.45, 2.75) is 26.7 Å². The Morgan fingerprint density at radius 2 is 2.29 bits per heavy atom. The fraction of sp³-hybridized carbons (Fsp3) is 0.714. The molecule has 0 saturated heterocycles. The first-order valence-electron chi connectivity index (χ1n) is 2.83. The Morgan fingerprint density at radius 3 is 2.43 bits per heavy atom. The van der Waals surface area contributed by atoms with Crippen molar-refractivity contribution >= 4 is 0 Å². The van der Waals surface area contributed by atoms with Gasteiger partial charge in [-0.15, -0.1) is 0 Å². The highest BCUT2D eigenvalue weighted by Crippen LogP contribution is 2.02. The molecule has 0 aromatic carbocycles. The van der Waals surface area contributed by atoms with Gasteiger partial charge in [0.2, 0.25) is 0 Å². The van der Waals surface area contributed by atoms with Crippen LogP contribution in [0.3, 0.4) is 0 Å². The molecule has 41 valence electrons. The van der Waals surface area contributed by atoms with Gasteiger partial charge in [0.05, 0.1) is 0 Å². The summed E-state index contributed by atoms with van der Waals surface area (Å²) in [6, 6.07) is 0. The van der Waals surface area contributed by atoms with Crippen LogP contribution in [-0.4, -0.2) is 0 Å². The summed E-state index contributed by atoms with van der Waals surface area (Å²) in [5.74, 6) is 0.588. The molecule has 0 aromatic heterocycles. The second kappa shape index (κ2) is 3.91. The largest absolute Gasteiger partial charge is 0.0953 e. The molecule has 0 aliphatic rings. The van der Waals surface area contributed by atoms with E-state index in [0.29, 0.717) is 5.92 Å². The zero-order chi connectivity index (χ0) is 5.70. The Morgan fingerprint density at radius 1 is 1.71 bits per heavy atom. The Kier molecular flexibility index (Phi) is 3.77. The van der Waals surface area contributed by atoms with Gasteiger partial charge in [0, 0.05) is 0 Å². The van der Waals surface area contributed by atoms with Crippen molar-refractivity contribution in [3.05, 3.63) is 12.7 Å². The summed E-state index contributed by atoms with van der Waals surface area (Å²) in [5.41, 5.74) is 0. The van der Waals surface area contributed by atoms with Crippen LogP contribution in [0.1, 0.15) is 26.7 Å². The maximum atomic E-state index is 3.55. The van der Waals surface area contributed by atoms with Crippen molar-refractivity contribution in [3.63, 3.8) is 0 Å². The van der Waals surface area contributed by atoms with Crippen molar-refractivity contribution in [2.75, 3.05) is 0 Å². The van der Waals surface area contributed by atoms with Gasteiger partial charge in [-0.25, -0.2) is 0 Å². The van der Waals surface area contributed by atoms with Gasteiger partial charge in [0.1, 0.15) is 0 Å². The molecule has 0 rings (SSSR count). The molecule has 0 aliphatic carbocycles. The number of hydrogen-bond acceptors (Lipinski definition) is 0. The molecule has 0 aromatic rings. The molecule has 0 fully saturated rings. The minimum absolute atomic E-state index is 0.588. The standard InChI is InChI=1S/C7H13/c1-4-6-7(3)5-2/h7H,2,4,6H2,1,3H3. The van der Waals surface area contributed by atoms with Gasteiger partial charge in [0.15, 0.2) is 0 Å².